The fourth-order valence-electron chi connectivity index (χ4n) is 1.87. The molecule has 126 valence electrons. The van der Waals surface area contributed by atoms with E-state index >= 15 is 0 Å². The van der Waals surface area contributed by atoms with E-state index in [-0.39, 0.29) is 18.4 Å². The van der Waals surface area contributed by atoms with E-state index in [1.165, 1.54) is 18.3 Å². The zero-order valence-electron chi connectivity index (χ0n) is 12.4. The highest BCUT2D eigenvalue weighted by molar-refractivity contribution is 5.99. The molecule has 10 heteroatoms. The molecule has 1 aliphatic heterocycles. The molecule has 1 aromatic carbocycles. The quantitative estimate of drug-likeness (QED) is 0.344. The van der Waals surface area contributed by atoms with E-state index in [0.29, 0.717) is 5.56 Å². The number of carboxylic acid groups (broad SMARTS) is 1. The first-order valence-corrected chi connectivity index (χ1v) is 6.97. The number of imide groups is 1. The van der Waals surface area contributed by atoms with Gasteiger partial charge in [-0.3, -0.25) is 20.3 Å². The molecule has 24 heavy (non-hydrogen) atoms. The molecule has 0 saturated carbocycles. The zero-order valence-corrected chi connectivity index (χ0v) is 12.4. The highest BCUT2D eigenvalue weighted by Crippen LogP contribution is 2.02. The minimum atomic E-state index is -1.02. The summed E-state index contributed by atoms with van der Waals surface area (Å²) in [5.41, 5.74) is 7.81. The Kier molecular flexibility index (Phi) is 5.58. The Morgan fingerprint density at radius 3 is 2.58 bits per heavy atom. The summed E-state index contributed by atoms with van der Waals surface area (Å²) < 4.78 is 0. The average Bonchev–Trinajstić information content (AvgIpc) is 2.54. The number of amides is 4. The van der Waals surface area contributed by atoms with E-state index in [1.807, 2.05) is 0 Å². The van der Waals surface area contributed by atoms with Gasteiger partial charge in [-0.05, 0) is 24.1 Å². The lowest BCUT2D eigenvalue weighted by molar-refractivity contribution is -0.124. The second kappa shape index (κ2) is 7.83. The van der Waals surface area contributed by atoms with Crippen molar-refractivity contribution in [3.63, 3.8) is 0 Å². The van der Waals surface area contributed by atoms with Crippen molar-refractivity contribution < 1.29 is 24.3 Å². The van der Waals surface area contributed by atoms with Gasteiger partial charge in [0.15, 0.2) is 0 Å². The number of aromatic carboxylic acids is 1. The van der Waals surface area contributed by atoms with Gasteiger partial charge in [0, 0.05) is 6.42 Å². The van der Waals surface area contributed by atoms with Crippen molar-refractivity contribution in [2.75, 3.05) is 0 Å². The number of hydrogen-bond donors (Lipinski definition) is 5. The molecule has 10 nitrogen and oxygen atoms in total. The first kappa shape index (κ1) is 17.1. The van der Waals surface area contributed by atoms with Gasteiger partial charge >= 0.3 is 12.0 Å². The lowest BCUT2D eigenvalue weighted by atomic mass is 10.1. The highest BCUT2D eigenvalue weighted by atomic mass is 16.4. The van der Waals surface area contributed by atoms with Gasteiger partial charge < -0.3 is 5.11 Å². The molecule has 0 spiro atoms. The molecule has 1 aliphatic rings. The van der Waals surface area contributed by atoms with Crippen LogP contribution in [0.3, 0.4) is 0 Å². The van der Waals surface area contributed by atoms with Crippen molar-refractivity contribution in [1.29, 1.82) is 0 Å². The second-order valence-corrected chi connectivity index (χ2v) is 4.90. The van der Waals surface area contributed by atoms with Gasteiger partial charge in [-0.15, -0.1) is 0 Å². The zero-order chi connectivity index (χ0) is 17.5. The van der Waals surface area contributed by atoms with Crippen LogP contribution in [0.2, 0.25) is 0 Å². The fourth-order valence-corrected chi connectivity index (χ4v) is 1.87. The fraction of sp³-hybridized carbons (Fsp3) is 0.214. The highest BCUT2D eigenvalue weighted by Gasteiger charge is 2.25. The van der Waals surface area contributed by atoms with Crippen molar-refractivity contribution in [2.45, 2.75) is 18.9 Å². The van der Waals surface area contributed by atoms with Crippen LogP contribution in [0.15, 0.2) is 29.4 Å². The molecule has 1 fully saturated rings. The van der Waals surface area contributed by atoms with Crippen molar-refractivity contribution in [3.8, 4) is 0 Å². The molecule has 2 rings (SSSR count). The molecule has 1 unspecified atom stereocenters. The Balaban J connectivity index is 1.75. The molecule has 1 aromatic rings. The molecule has 1 saturated heterocycles. The van der Waals surface area contributed by atoms with Gasteiger partial charge in [-0.1, -0.05) is 12.1 Å². The summed E-state index contributed by atoms with van der Waals surface area (Å²) in [6.07, 6.45) is 1.58. The molecule has 4 amide bonds. The Bertz CT molecular complexity index is 685. The summed E-state index contributed by atoms with van der Waals surface area (Å²) in [4.78, 5) is 44.7. The maximum absolute atomic E-state index is 11.6. The lowest BCUT2D eigenvalue weighted by Crippen LogP contribution is -2.62. The number of urea groups is 1. The van der Waals surface area contributed by atoms with Crippen LogP contribution in [-0.2, 0) is 9.59 Å². The predicted octanol–water partition coefficient (Wildman–Crippen LogP) is -0.672. The van der Waals surface area contributed by atoms with Gasteiger partial charge in [-0.25, -0.2) is 20.4 Å². The van der Waals surface area contributed by atoms with Crippen molar-refractivity contribution >= 4 is 30.0 Å². The van der Waals surface area contributed by atoms with Gasteiger partial charge in [0.2, 0.25) is 11.8 Å². The summed E-state index contributed by atoms with van der Waals surface area (Å²) >= 11 is 0. The van der Waals surface area contributed by atoms with E-state index in [2.05, 4.69) is 26.7 Å². The third-order valence-electron chi connectivity index (χ3n) is 3.13. The molecule has 0 radical (unpaired) electrons. The summed E-state index contributed by atoms with van der Waals surface area (Å²) in [6, 6.07) is 4.62. The summed E-state index contributed by atoms with van der Waals surface area (Å²) in [5.74, 6) is -1.93. The van der Waals surface area contributed by atoms with Crippen LogP contribution < -0.4 is 21.6 Å². The third-order valence-corrected chi connectivity index (χ3v) is 3.13. The number of carboxylic acids is 1. The number of hydrogen-bond acceptors (Lipinski definition) is 6. The second-order valence-electron chi connectivity index (χ2n) is 4.90. The molecule has 5 N–H and O–H groups in total. The van der Waals surface area contributed by atoms with Crippen LogP contribution in [0, 0.1) is 0 Å². The van der Waals surface area contributed by atoms with Crippen molar-refractivity contribution in [3.05, 3.63) is 35.4 Å². The number of carbonyl (C=O) groups is 4. The molecule has 1 heterocycles. The maximum atomic E-state index is 11.6. The van der Waals surface area contributed by atoms with Crippen LogP contribution >= 0.6 is 0 Å². The molecule has 1 atom stereocenters. The summed E-state index contributed by atoms with van der Waals surface area (Å²) in [6.45, 7) is 0. The van der Waals surface area contributed by atoms with E-state index in [0.717, 1.165) is 0 Å². The van der Waals surface area contributed by atoms with Crippen LogP contribution in [0.25, 0.3) is 0 Å². The van der Waals surface area contributed by atoms with Crippen LogP contribution in [-0.4, -0.2) is 41.2 Å². The smallest absolute Gasteiger partial charge is 0.335 e. The van der Waals surface area contributed by atoms with Gasteiger partial charge in [-0.2, -0.15) is 5.10 Å². The van der Waals surface area contributed by atoms with Crippen molar-refractivity contribution in [2.24, 2.45) is 5.10 Å². The first-order valence-electron chi connectivity index (χ1n) is 6.97. The topological polar surface area (TPSA) is 149 Å². The number of hydrazine groups is 1. The molecule has 0 bridgehead atoms. The number of rotatable bonds is 6. The van der Waals surface area contributed by atoms with Crippen LogP contribution in [0.5, 0.6) is 0 Å². The van der Waals surface area contributed by atoms with E-state index < -0.39 is 29.9 Å². The van der Waals surface area contributed by atoms with Gasteiger partial charge in [0.25, 0.3) is 0 Å². The molecular weight excluding hydrogens is 318 g/mol. The molecular formula is C14H15N5O5. The Labute approximate surface area is 136 Å². The minimum Gasteiger partial charge on any atom is -0.478 e. The Hall–Kier alpha value is -3.27. The maximum Gasteiger partial charge on any atom is 0.335 e. The lowest BCUT2D eigenvalue weighted by Gasteiger charge is -2.22. The Morgan fingerprint density at radius 1 is 1.25 bits per heavy atom. The molecule has 0 aliphatic carbocycles. The number of nitrogens with one attached hydrogen (secondary N) is 4. The minimum absolute atomic E-state index is 0.0241. The monoisotopic (exact) mass is 333 g/mol. The van der Waals surface area contributed by atoms with Crippen LogP contribution in [0.1, 0.15) is 28.8 Å². The normalized spacial score (nSPS) is 17.2. The average molecular weight is 333 g/mol. The van der Waals surface area contributed by atoms with Crippen molar-refractivity contribution in [1.82, 2.24) is 21.6 Å². The predicted molar refractivity (Wildman–Crippen MR) is 82.0 cm³/mol. The Morgan fingerprint density at radius 2 is 1.96 bits per heavy atom. The van der Waals surface area contributed by atoms with Gasteiger partial charge in [0.1, 0.15) is 6.04 Å². The number of nitrogens with zero attached hydrogens (tertiary/aromatic N) is 1. The number of hydrazone groups is 1. The number of carbonyl (C=O) groups excluding carboxylic acids is 3. The van der Waals surface area contributed by atoms with E-state index in [1.54, 1.807) is 12.1 Å². The SMILES string of the molecule is O=C(CCC1NNC(=O)NC1=O)N/N=C/c1ccc(C(=O)O)cc1. The van der Waals surface area contributed by atoms with Gasteiger partial charge in [0.05, 0.1) is 11.8 Å². The molecule has 0 aromatic heterocycles. The van der Waals surface area contributed by atoms with E-state index in [4.69, 9.17) is 5.11 Å². The van der Waals surface area contributed by atoms with E-state index in [9.17, 15) is 19.2 Å². The standard InChI is InChI=1S/C14H15N5O5/c20-11(6-5-10-12(21)16-14(24)19-17-10)18-15-7-8-1-3-9(4-2-8)13(22)23/h1-4,7,10,17H,5-6H2,(H,18,20)(H,22,23)(H2,16,19,21,24)/b15-7+. The first-order chi connectivity index (χ1) is 11.5. The third kappa shape index (κ3) is 4.88. The number of benzene rings is 1. The summed E-state index contributed by atoms with van der Waals surface area (Å²) in [7, 11) is 0. The largest absolute Gasteiger partial charge is 0.478 e. The summed E-state index contributed by atoms with van der Waals surface area (Å²) in [5, 5.41) is 14.6. The van der Waals surface area contributed by atoms with Crippen LogP contribution in [0.4, 0.5) is 4.79 Å².